The topological polar surface area (TPSA) is 130 Å². The van der Waals surface area contributed by atoms with E-state index in [2.05, 4.69) is 4.72 Å². The SMILES string of the molecule is Cc1cc([N+](=O)[O-])c(S(=O)(=O)NC(C)(CO)CO)cc1C. The van der Waals surface area contributed by atoms with Gasteiger partial charge in [-0.2, -0.15) is 0 Å². The number of aliphatic hydroxyl groups excluding tert-OH is 2. The van der Waals surface area contributed by atoms with Crippen molar-refractivity contribution in [1.82, 2.24) is 4.72 Å². The number of nitrogens with one attached hydrogen (secondary N) is 1. The van der Waals surface area contributed by atoms with E-state index in [1.165, 1.54) is 19.1 Å². The van der Waals surface area contributed by atoms with Crippen molar-refractivity contribution in [3.05, 3.63) is 33.4 Å². The molecule has 8 nitrogen and oxygen atoms in total. The first kappa shape index (κ1) is 17.5. The maximum atomic E-state index is 12.3. The Morgan fingerprint density at radius 3 is 2.14 bits per heavy atom. The van der Waals surface area contributed by atoms with Gasteiger partial charge in [0.2, 0.25) is 10.0 Å². The lowest BCUT2D eigenvalue weighted by atomic mass is 10.1. The molecule has 0 bridgehead atoms. The largest absolute Gasteiger partial charge is 0.394 e. The fourth-order valence-electron chi connectivity index (χ4n) is 1.63. The number of hydrogen-bond donors (Lipinski definition) is 3. The van der Waals surface area contributed by atoms with Gasteiger partial charge in [-0.05, 0) is 38.0 Å². The molecular formula is C12H18N2O6S. The molecule has 21 heavy (non-hydrogen) atoms. The molecule has 0 radical (unpaired) electrons. The minimum absolute atomic E-state index is 0.497. The quantitative estimate of drug-likeness (QED) is 0.508. The van der Waals surface area contributed by atoms with E-state index in [-0.39, 0.29) is 0 Å². The Bertz CT molecular complexity index is 652. The molecule has 9 heteroatoms. The Hall–Kier alpha value is -1.55. The van der Waals surface area contributed by atoms with Crippen LogP contribution in [0.1, 0.15) is 18.1 Å². The van der Waals surface area contributed by atoms with Gasteiger partial charge in [0, 0.05) is 6.07 Å². The average molecular weight is 318 g/mol. The van der Waals surface area contributed by atoms with Crippen LogP contribution in [-0.2, 0) is 10.0 Å². The number of nitrogens with zero attached hydrogens (tertiary/aromatic N) is 1. The van der Waals surface area contributed by atoms with Crippen LogP contribution in [0.4, 0.5) is 5.69 Å². The average Bonchev–Trinajstić information content (AvgIpc) is 2.40. The fraction of sp³-hybridized carbons (Fsp3) is 0.500. The zero-order valence-corrected chi connectivity index (χ0v) is 12.8. The van der Waals surface area contributed by atoms with Gasteiger partial charge in [-0.3, -0.25) is 10.1 Å². The molecule has 0 saturated heterocycles. The summed E-state index contributed by atoms with van der Waals surface area (Å²) >= 11 is 0. The molecule has 1 aromatic rings. The van der Waals surface area contributed by atoms with Gasteiger partial charge >= 0.3 is 0 Å². The van der Waals surface area contributed by atoms with Crippen LogP contribution in [0.25, 0.3) is 0 Å². The van der Waals surface area contributed by atoms with E-state index >= 15 is 0 Å². The summed E-state index contributed by atoms with van der Waals surface area (Å²) in [5, 5.41) is 29.4. The molecule has 1 aromatic carbocycles. The highest BCUT2D eigenvalue weighted by Crippen LogP contribution is 2.28. The first-order valence-corrected chi connectivity index (χ1v) is 7.56. The highest BCUT2D eigenvalue weighted by Gasteiger charge is 2.34. The molecule has 0 aliphatic rings. The van der Waals surface area contributed by atoms with E-state index in [9.17, 15) is 18.5 Å². The van der Waals surface area contributed by atoms with Gasteiger partial charge < -0.3 is 10.2 Å². The van der Waals surface area contributed by atoms with Gasteiger partial charge in [0.05, 0.1) is 23.7 Å². The molecule has 0 fully saturated rings. The van der Waals surface area contributed by atoms with Crippen LogP contribution < -0.4 is 4.72 Å². The van der Waals surface area contributed by atoms with E-state index in [1.54, 1.807) is 13.8 Å². The fourth-order valence-corrected chi connectivity index (χ4v) is 3.25. The van der Waals surface area contributed by atoms with Crippen molar-refractivity contribution in [1.29, 1.82) is 0 Å². The molecule has 0 aliphatic heterocycles. The zero-order chi connectivity index (χ0) is 16.4. The van der Waals surface area contributed by atoms with E-state index in [4.69, 9.17) is 10.2 Å². The van der Waals surface area contributed by atoms with Crippen LogP contribution >= 0.6 is 0 Å². The number of benzene rings is 1. The third-order valence-electron chi connectivity index (χ3n) is 3.14. The van der Waals surface area contributed by atoms with E-state index in [1.807, 2.05) is 0 Å². The predicted octanol–water partition coefficient (Wildman–Crippen LogP) is 0.233. The summed E-state index contributed by atoms with van der Waals surface area (Å²) in [6.45, 7) is 3.26. The summed E-state index contributed by atoms with van der Waals surface area (Å²) < 4.78 is 26.7. The molecule has 0 unspecified atom stereocenters. The Morgan fingerprint density at radius 1 is 1.24 bits per heavy atom. The van der Waals surface area contributed by atoms with E-state index < -0.39 is 44.3 Å². The molecule has 3 N–H and O–H groups in total. The Balaban J connectivity index is 3.44. The van der Waals surface area contributed by atoms with Gasteiger partial charge in [-0.15, -0.1) is 0 Å². The number of aliphatic hydroxyl groups is 2. The molecule has 0 spiro atoms. The monoisotopic (exact) mass is 318 g/mol. The van der Waals surface area contributed by atoms with Crippen molar-refractivity contribution in [3.63, 3.8) is 0 Å². The second kappa shape index (κ2) is 6.06. The lowest BCUT2D eigenvalue weighted by molar-refractivity contribution is -0.387. The molecule has 0 heterocycles. The van der Waals surface area contributed by atoms with Crippen molar-refractivity contribution in [2.75, 3.05) is 13.2 Å². The van der Waals surface area contributed by atoms with Crippen LogP contribution in [0.2, 0.25) is 0 Å². The van der Waals surface area contributed by atoms with Crippen molar-refractivity contribution in [3.8, 4) is 0 Å². The Labute approximate surface area is 122 Å². The smallest absolute Gasteiger partial charge is 0.289 e. The van der Waals surface area contributed by atoms with Crippen LogP contribution in [0.5, 0.6) is 0 Å². The van der Waals surface area contributed by atoms with E-state index in [0.29, 0.717) is 11.1 Å². The van der Waals surface area contributed by atoms with Crippen LogP contribution in [0.3, 0.4) is 0 Å². The molecular weight excluding hydrogens is 300 g/mol. The van der Waals surface area contributed by atoms with Crippen molar-refractivity contribution in [2.45, 2.75) is 31.2 Å². The second-order valence-corrected chi connectivity index (χ2v) is 6.79. The van der Waals surface area contributed by atoms with Gasteiger partial charge in [0.15, 0.2) is 4.90 Å². The van der Waals surface area contributed by atoms with Crippen molar-refractivity contribution < 1.29 is 23.6 Å². The minimum Gasteiger partial charge on any atom is -0.394 e. The predicted molar refractivity (Wildman–Crippen MR) is 75.5 cm³/mol. The molecule has 1 rings (SSSR count). The Kier molecular flexibility index (Phi) is 5.05. The highest BCUT2D eigenvalue weighted by atomic mass is 32.2. The van der Waals surface area contributed by atoms with E-state index in [0.717, 1.165) is 0 Å². The van der Waals surface area contributed by atoms with Gasteiger partial charge in [0.1, 0.15) is 0 Å². The van der Waals surface area contributed by atoms with Crippen LogP contribution in [-0.4, -0.2) is 42.3 Å². The first-order valence-electron chi connectivity index (χ1n) is 6.07. The third-order valence-corrected chi connectivity index (χ3v) is 4.81. The lowest BCUT2D eigenvalue weighted by Crippen LogP contribution is -2.51. The molecule has 0 saturated carbocycles. The summed E-state index contributed by atoms with van der Waals surface area (Å²) in [6.07, 6.45) is 0. The highest BCUT2D eigenvalue weighted by molar-refractivity contribution is 7.89. The molecule has 118 valence electrons. The number of aryl methyl sites for hydroxylation is 2. The number of hydrogen-bond acceptors (Lipinski definition) is 6. The maximum absolute atomic E-state index is 12.3. The zero-order valence-electron chi connectivity index (χ0n) is 12.0. The van der Waals surface area contributed by atoms with Gasteiger partial charge in [-0.1, -0.05) is 0 Å². The minimum atomic E-state index is -4.27. The maximum Gasteiger partial charge on any atom is 0.289 e. The van der Waals surface area contributed by atoms with Crippen molar-refractivity contribution in [2.24, 2.45) is 0 Å². The summed E-state index contributed by atoms with van der Waals surface area (Å²) in [4.78, 5) is 9.77. The first-order chi connectivity index (χ1) is 9.56. The molecule has 0 aromatic heterocycles. The summed E-state index contributed by atoms with van der Waals surface area (Å²) in [7, 11) is -4.27. The number of rotatable bonds is 6. The van der Waals surface area contributed by atoms with Crippen molar-refractivity contribution >= 4 is 15.7 Å². The summed E-state index contributed by atoms with van der Waals surface area (Å²) in [5.41, 5.74) is -0.891. The van der Waals surface area contributed by atoms with Crippen LogP contribution in [0, 0.1) is 24.0 Å². The lowest BCUT2D eigenvalue weighted by Gasteiger charge is -2.25. The molecule has 0 amide bonds. The normalized spacial score (nSPS) is 12.4. The number of sulfonamides is 1. The van der Waals surface area contributed by atoms with Gasteiger partial charge in [0.25, 0.3) is 5.69 Å². The Morgan fingerprint density at radius 2 is 1.71 bits per heavy atom. The second-order valence-electron chi connectivity index (χ2n) is 5.14. The van der Waals surface area contributed by atoms with Crippen LogP contribution in [0.15, 0.2) is 17.0 Å². The molecule has 0 atom stereocenters. The number of nitro groups is 1. The third kappa shape index (κ3) is 3.76. The number of nitro benzene ring substituents is 1. The van der Waals surface area contributed by atoms with Gasteiger partial charge in [-0.25, -0.2) is 13.1 Å². The standard InChI is InChI=1S/C12H18N2O6S/c1-8-4-10(14(17)18)11(5-9(8)2)21(19,20)13-12(3,6-15)7-16/h4-5,13,15-16H,6-7H2,1-3H3. The summed E-state index contributed by atoms with van der Waals surface area (Å²) in [6, 6.07) is 2.38. The molecule has 0 aliphatic carbocycles. The summed E-state index contributed by atoms with van der Waals surface area (Å²) in [5.74, 6) is 0.